The van der Waals surface area contributed by atoms with E-state index in [1.54, 1.807) is 6.92 Å². The van der Waals surface area contributed by atoms with E-state index in [0.717, 1.165) is 6.26 Å². The second kappa shape index (κ2) is 6.64. The summed E-state index contributed by atoms with van der Waals surface area (Å²) in [5.41, 5.74) is -0.746. The van der Waals surface area contributed by atoms with Gasteiger partial charge in [-0.15, -0.1) is 0 Å². The number of carbonyl (C=O) groups is 1. The SMILES string of the molecule is C[C@H]1OCC[C@]1(O)CNC(=O)c1ccc(Cl)c(NS(C)(=O)=O)c1. The summed E-state index contributed by atoms with van der Waals surface area (Å²) >= 11 is 5.91. The van der Waals surface area contributed by atoms with Crippen molar-refractivity contribution in [1.82, 2.24) is 5.32 Å². The van der Waals surface area contributed by atoms with E-state index in [1.807, 2.05) is 0 Å². The number of amides is 1. The summed E-state index contributed by atoms with van der Waals surface area (Å²) < 4.78 is 30.1. The molecule has 2 rings (SSSR count). The third-order valence-corrected chi connectivity index (χ3v) is 4.66. The molecule has 0 aliphatic carbocycles. The van der Waals surface area contributed by atoms with Crippen LogP contribution in [0.4, 0.5) is 5.69 Å². The largest absolute Gasteiger partial charge is 0.385 e. The summed E-state index contributed by atoms with van der Waals surface area (Å²) in [6, 6.07) is 4.25. The molecular weight excluding hydrogens is 344 g/mol. The van der Waals surface area contributed by atoms with Crippen molar-refractivity contribution in [3.63, 3.8) is 0 Å². The maximum Gasteiger partial charge on any atom is 0.251 e. The van der Waals surface area contributed by atoms with Crippen LogP contribution >= 0.6 is 11.6 Å². The number of sulfonamides is 1. The molecule has 1 aromatic carbocycles. The number of hydrogen-bond donors (Lipinski definition) is 3. The molecule has 23 heavy (non-hydrogen) atoms. The highest BCUT2D eigenvalue weighted by Crippen LogP contribution is 2.26. The molecule has 0 aromatic heterocycles. The molecule has 2 atom stereocenters. The summed E-state index contributed by atoms with van der Waals surface area (Å²) in [7, 11) is -3.51. The van der Waals surface area contributed by atoms with Crippen LogP contribution in [0.5, 0.6) is 0 Å². The lowest BCUT2D eigenvalue weighted by Gasteiger charge is -2.26. The highest BCUT2D eigenvalue weighted by molar-refractivity contribution is 7.92. The monoisotopic (exact) mass is 362 g/mol. The molecule has 1 aliphatic rings. The molecule has 0 unspecified atom stereocenters. The molecule has 1 heterocycles. The average molecular weight is 363 g/mol. The predicted molar refractivity (Wildman–Crippen MR) is 87.2 cm³/mol. The van der Waals surface area contributed by atoms with E-state index in [4.69, 9.17) is 16.3 Å². The van der Waals surface area contributed by atoms with Gasteiger partial charge in [0.05, 0.1) is 23.1 Å². The number of carbonyl (C=O) groups excluding carboxylic acids is 1. The van der Waals surface area contributed by atoms with Crippen molar-refractivity contribution in [2.75, 3.05) is 24.1 Å². The summed E-state index contributed by atoms with van der Waals surface area (Å²) in [6.07, 6.45) is 1.07. The third kappa shape index (κ3) is 4.57. The van der Waals surface area contributed by atoms with Crippen LogP contribution in [0.2, 0.25) is 5.02 Å². The van der Waals surface area contributed by atoms with Gasteiger partial charge < -0.3 is 15.2 Å². The normalized spacial score (nSPS) is 24.4. The first kappa shape index (κ1) is 18.0. The maximum atomic E-state index is 12.2. The van der Waals surface area contributed by atoms with Crippen LogP contribution in [-0.4, -0.2) is 50.5 Å². The average Bonchev–Trinajstić information content (AvgIpc) is 2.77. The van der Waals surface area contributed by atoms with E-state index in [2.05, 4.69) is 10.0 Å². The van der Waals surface area contributed by atoms with Gasteiger partial charge >= 0.3 is 0 Å². The number of anilines is 1. The highest BCUT2D eigenvalue weighted by atomic mass is 35.5. The number of benzene rings is 1. The molecule has 3 N–H and O–H groups in total. The highest BCUT2D eigenvalue weighted by Gasteiger charge is 2.39. The van der Waals surface area contributed by atoms with Gasteiger partial charge in [-0.3, -0.25) is 9.52 Å². The fraction of sp³-hybridized carbons (Fsp3) is 0.500. The van der Waals surface area contributed by atoms with E-state index >= 15 is 0 Å². The minimum atomic E-state index is -3.51. The topological polar surface area (TPSA) is 105 Å². The van der Waals surface area contributed by atoms with Gasteiger partial charge in [-0.25, -0.2) is 8.42 Å². The number of halogens is 1. The lowest BCUT2D eigenvalue weighted by atomic mass is 9.96. The maximum absolute atomic E-state index is 12.2. The molecule has 0 saturated carbocycles. The molecule has 128 valence electrons. The van der Waals surface area contributed by atoms with Crippen LogP contribution in [0, 0.1) is 0 Å². The first-order chi connectivity index (χ1) is 10.6. The molecule has 1 aliphatic heterocycles. The Hall–Kier alpha value is -1.35. The number of aliphatic hydroxyl groups is 1. The van der Waals surface area contributed by atoms with Crippen molar-refractivity contribution >= 4 is 33.2 Å². The van der Waals surface area contributed by atoms with Gasteiger partial charge in [-0.05, 0) is 25.1 Å². The van der Waals surface area contributed by atoms with Crippen molar-refractivity contribution in [3.8, 4) is 0 Å². The van der Waals surface area contributed by atoms with E-state index in [1.165, 1.54) is 18.2 Å². The number of nitrogens with one attached hydrogen (secondary N) is 2. The molecule has 1 fully saturated rings. The summed E-state index contributed by atoms with van der Waals surface area (Å²) in [5, 5.41) is 13.2. The Morgan fingerprint density at radius 2 is 2.22 bits per heavy atom. The molecule has 0 bridgehead atoms. The van der Waals surface area contributed by atoms with E-state index in [9.17, 15) is 18.3 Å². The molecule has 0 radical (unpaired) electrons. The molecule has 1 saturated heterocycles. The quantitative estimate of drug-likeness (QED) is 0.724. The van der Waals surface area contributed by atoms with Gasteiger partial charge in [-0.1, -0.05) is 11.6 Å². The van der Waals surface area contributed by atoms with E-state index in [-0.39, 0.29) is 28.9 Å². The van der Waals surface area contributed by atoms with Crippen molar-refractivity contribution in [1.29, 1.82) is 0 Å². The summed E-state index contributed by atoms with van der Waals surface area (Å²) in [5.74, 6) is -0.439. The van der Waals surface area contributed by atoms with Gasteiger partial charge in [0.15, 0.2) is 0 Å². The Bertz CT molecular complexity index is 709. The standard InChI is InChI=1S/C14H19ClN2O5S/c1-9-14(19,5-6-22-9)8-16-13(18)10-3-4-11(15)12(7-10)17-23(2,20)21/h3-4,7,9,17,19H,5-6,8H2,1-2H3,(H,16,18)/t9-,14+/m1/s1. The Morgan fingerprint density at radius 3 is 2.78 bits per heavy atom. The van der Waals surface area contributed by atoms with Crippen LogP contribution < -0.4 is 10.0 Å². The smallest absolute Gasteiger partial charge is 0.251 e. The predicted octanol–water partition coefficient (Wildman–Crippen LogP) is 0.981. The van der Waals surface area contributed by atoms with Crippen LogP contribution in [0.3, 0.4) is 0 Å². The number of rotatable bonds is 5. The van der Waals surface area contributed by atoms with Gasteiger partial charge in [0, 0.05) is 25.1 Å². The summed E-state index contributed by atoms with van der Waals surface area (Å²) in [6.45, 7) is 2.23. The van der Waals surface area contributed by atoms with E-state index in [0.29, 0.717) is 13.0 Å². The summed E-state index contributed by atoms with van der Waals surface area (Å²) in [4.78, 5) is 12.2. The first-order valence-corrected chi connectivity index (χ1v) is 9.27. The lowest BCUT2D eigenvalue weighted by molar-refractivity contribution is -0.0251. The molecule has 7 nitrogen and oxygen atoms in total. The molecule has 1 amide bonds. The Balaban J connectivity index is 2.09. The third-order valence-electron chi connectivity index (χ3n) is 3.74. The Kier molecular flexibility index (Phi) is 5.20. The molecular formula is C14H19ClN2O5S. The number of hydrogen-bond acceptors (Lipinski definition) is 5. The zero-order valence-electron chi connectivity index (χ0n) is 12.8. The van der Waals surface area contributed by atoms with Gasteiger partial charge in [0.2, 0.25) is 10.0 Å². The second-order valence-electron chi connectivity index (χ2n) is 5.62. The van der Waals surface area contributed by atoms with Crippen molar-refractivity contribution < 1.29 is 23.1 Å². The van der Waals surface area contributed by atoms with E-state index < -0.39 is 21.5 Å². The zero-order valence-corrected chi connectivity index (χ0v) is 14.4. The van der Waals surface area contributed by atoms with Crippen molar-refractivity contribution in [3.05, 3.63) is 28.8 Å². The van der Waals surface area contributed by atoms with Crippen LogP contribution in [0.1, 0.15) is 23.7 Å². The zero-order chi connectivity index (χ0) is 17.3. The van der Waals surface area contributed by atoms with Crippen molar-refractivity contribution in [2.24, 2.45) is 0 Å². The fourth-order valence-electron chi connectivity index (χ4n) is 2.28. The minimum Gasteiger partial charge on any atom is -0.385 e. The van der Waals surface area contributed by atoms with Gasteiger partial charge in [0.1, 0.15) is 5.60 Å². The minimum absolute atomic E-state index is 0.0461. The Morgan fingerprint density at radius 1 is 1.52 bits per heavy atom. The van der Waals surface area contributed by atoms with Gasteiger partial charge in [-0.2, -0.15) is 0 Å². The van der Waals surface area contributed by atoms with Crippen LogP contribution in [-0.2, 0) is 14.8 Å². The van der Waals surface area contributed by atoms with Crippen molar-refractivity contribution in [2.45, 2.75) is 25.0 Å². The molecule has 0 spiro atoms. The Labute approximate surface area is 140 Å². The molecule has 9 heteroatoms. The first-order valence-electron chi connectivity index (χ1n) is 7.00. The molecule has 1 aromatic rings. The van der Waals surface area contributed by atoms with Crippen LogP contribution in [0.25, 0.3) is 0 Å². The number of ether oxygens (including phenoxy) is 1. The fourth-order valence-corrected chi connectivity index (χ4v) is 3.07. The second-order valence-corrected chi connectivity index (χ2v) is 7.77. The lowest BCUT2D eigenvalue weighted by Crippen LogP contribution is -2.47. The van der Waals surface area contributed by atoms with Crippen LogP contribution in [0.15, 0.2) is 18.2 Å². The van der Waals surface area contributed by atoms with Gasteiger partial charge in [0.25, 0.3) is 5.91 Å².